The zero-order valence-corrected chi connectivity index (χ0v) is 10.8. The summed E-state index contributed by atoms with van der Waals surface area (Å²) in [7, 11) is 0.117. The Hall–Kier alpha value is -1.53. The summed E-state index contributed by atoms with van der Waals surface area (Å²) < 4.78 is 0. The molecule has 0 heterocycles. The Balaban J connectivity index is 2.68. The molecule has 0 atom stereocenters. The van der Waals surface area contributed by atoms with Crippen LogP contribution in [-0.2, 0) is 0 Å². The Bertz CT molecular complexity index is 399. The van der Waals surface area contributed by atoms with Crippen LogP contribution in [0, 0.1) is 0 Å². The number of nitrogens with zero attached hydrogens (tertiary/aromatic N) is 1. The van der Waals surface area contributed by atoms with Crippen molar-refractivity contribution in [2.45, 2.75) is 19.8 Å². The smallest absolute Gasteiger partial charge is 0.423 e. The number of nitrogens with one attached hydrogen (secondary N) is 1. The minimum atomic E-state index is -1.53. The Kier molecular flexibility index (Phi) is 5.68. The zero-order chi connectivity index (χ0) is 13.5. The summed E-state index contributed by atoms with van der Waals surface area (Å²) in [6.45, 7) is 2.70. The van der Waals surface area contributed by atoms with Crippen molar-refractivity contribution in [2.75, 3.05) is 18.5 Å². The summed E-state index contributed by atoms with van der Waals surface area (Å²) >= 11 is 0. The molecular formula is C12H19BN2O3. The SMILES string of the molecule is CCCCNC(=O)N(C)c1cccc(B(O)O)c1. The highest BCUT2D eigenvalue weighted by atomic mass is 16.4. The normalized spacial score (nSPS) is 10.0. The number of anilines is 1. The minimum absolute atomic E-state index is 0.201. The van der Waals surface area contributed by atoms with E-state index in [0.717, 1.165) is 12.8 Å². The van der Waals surface area contributed by atoms with E-state index in [9.17, 15) is 4.79 Å². The Morgan fingerprint density at radius 1 is 1.44 bits per heavy atom. The van der Waals surface area contributed by atoms with E-state index in [1.165, 1.54) is 4.90 Å². The first-order valence-electron chi connectivity index (χ1n) is 6.04. The highest BCUT2D eigenvalue weighted by Crippen LogP contribution is 2.10. The predicted molar refractivity (Wildman–Crippen MR) is 73.0 cm³/mol. The maximum atomic E-state index is 11.8. The van der Waals surface area contributed by atoms with Crippen molar-refractivity contribution in [3.05, 3.63) is 24.3 Å². The number of carbonyl (C=O) groups excluding carboxylic acids is 1. The maximum Gasteiger partial charge on any atom is 0.488 e. The summed E-state index contributed by atoms with van der Waals surface area (Å²) in [5, 5.41) is 20.9. The van der Waals surface area contributed by atoms with Crippen molar-refractivity contribution < 1.29 is 14.8 Å². The molecule has 0 aromatic heterocycles. The van der Waals surface area contributed by atoms with Gasteiger partial charge in [-0.1, -0.05) is 25.5 Å². The molecule has 98 valence electrons. The number of hydrogen-bond acceptors (Lipinski definition) is 3. The number of unbranched alkanes of at least 4 members (excludes halogenated alkanes) is 1. The first-order valence-corrected chi connectivity index (χ1v) is 6.04. The van der Waals surface area contributed by atoms with Gasteiger partial charge in [0.25, 0.3) is 0 Å². The molecule has 0 saturated heterocycles. The van der Waals surface area contributed by atoms with Gasteiger partial charge in [-0.3, -0.25) is 4.90 Å². The molecule has 0 saturated carbocycles. The number of amides is 2. The van der Waals surface area contributed by atoms with E-state index in [4.69, 9.17) is 10.0 Å². The van der Waals surface area contributed by atoms with E-state index >= 15 is 0 Å². The first kappa shape index (κ1) is 14.5. The molecule has 0 unspecified atom stereocenters. The Morgan fingerprint density at radius 2 is 2.17 bits per heavy atom. The lowest BCUT2D eigenvalue weighted by molar-refractivity contribution is 0.247. The average Bonchev–Trinajstić information content (AvgIpc) is 2.38. The van der Waals surface area contributed by atoms with Crippen LogP contribution in [0.4, 0.5) is 10.5 Å². The second-order valence-electron chi connectivity index (χ2n) is 4.11. The highest BCUT2D eigenvalue weighted by Gasteiger charge is 2.14. The molecule has 0 radical (unpaired) electrons. The van der Waals surface area contributed by atoms with Crippen LogP contribution in [0.5, 0.6) is 0 Å². The standard InChI is InChI=1S/C12H19BN2O3/c1-3-4-8-14-12(16)15(2)11-7-5-6-10(9-11)13(17)18/h5-7,9,17-18H,3-4,8H2,1-2H3,(H,14,16). The number of hydrogen-bond donors (Lipinski definition) is 3. The lowest BCUT2D eigenvalue weighted by Crippen LogP contribution is -2.38. The van der Waals surface area contributed by atoms with Gasteiger partial charge < -0.3 is 15.4 Å². The molecule has 0 aliphatic heterocycles. The van der Waals surface area contributed by atoms with Crippen molar-refractivity contribution in [2.24, 2.45) is 0 Å². The van der Waals surface area contributed by atoms with Crippen LogP contribution < -0.4 is 15.7 Å². The van der Waals surface area contributed by atoms with Crippen molar-refractivity contribution in [3.63, 3.8) is 0 Å². The Morgan fingerprint density at radius 3 is 2.78 bits per heavy atom. The van der Waals surface area contributed by atoms with E-state index in [-0.39, 0.29) is 6.03 Å². The molecule has 1 rings (SSSR count). The molecule has 3 N–H and O–H groups in total. The topological polar surface area (TPSA) is 72.8 Å². The predicted octanol–water partition coefficient (Wildman–Crippen LogP) is 0.312. The molecule has 18 heavy (non-hydrogen) atoms. The molecule has 0 fully saturated rings. The summed E-state index contributed by atoms with van der Waals surface area (Å²) in [6, 6.07) is 6.39. The van der Waals surface area contributed by atoms with Gasteiger partial charge in [0.1, 0.15) is 0 Å². The second kappa shape index (κ2) is 7.03. The van der Waals surface area contributed by atoms with Gasteiger partial charge in [-0.15, -0.1) is 0 Å². The van der Waals surface area contributed by atoms with Crippen molar-refractivity contribution in [1.82, 2.24) is 5.32 Å². The average molecular weight is 250 g/mol. The lowest BCUT2D eigenvalue weighted by atomic mass is 9.80. The second-order valence-corrected chi connectivity index (χ2v) is 4.11. The third-order valence-corrected chi connectivity index (χ3v) is 2.67. The molecule has 0 aliphatic rings. The van der Waals surface area contributed by atoms with Gasteiger partial charge in [-0.2, -0.15) is 0 Å². The fourth-order valence-corrected chi connectivity index (χ4v) is 1.50. The van der Waals surface area contributed by atoms with Crippen molar-refractivity contribution in [3.8, 4) is 0 Å². The van der Waals surface area contributed by atoms with Gasteiger partial charge in [0, 0.05) is 19.3 Å². The lowest BCUT2D eigenvalue weighted by Gasteiger charge is -2.18. The fraction of sp³-hybridized carbons (Fsp3) is 0.417. The van der Waals surface area contributed by atoms with Gasteiger partial charge in [0.2, 0.25) is 0 Å². The number of benzene rings is 1. The molecule has 5 nitrogen and oxygen atoms in total. The van der Waals surface area contributed by atoms with E-state index in [0.29, 0.717) is 17.7 Å². The zero-order valence-electron chi connectivity index (χ0n) is 10.8. The monoisotopic (exact) mass is 250 g/mol. The molecule has 6 heteroatoms. The fourth-order valence-electron chi connectivity index (χ4n) is 1.50. The first-order chi connectivity index (χ1) is 8.56. The summed E-state index contributed by atoms with van der Waals surface area (Å²) in [4.78, 5) is 13.2. The third kappa shape index (κ3) is 4.05. The molecule has 0 spiro atoms. The molecule has 2 amide bonds. The minimum Gasteiger partial charge on any atom is -0.423 e. The Labute approximate surface area is 108 Å². The quantitative estimate of drug-likeness (QED) is 0.520. The summed E-state index contributed by atoms with van der Waals surface area (Å²) in [6.07, 6.45) is 1.96. The van der Waals surface area contributed by atoms with E-state index in [2.05, 4.69) is 12.2 Å². The van der Waals surface area contributed by atoms with Gasteiger partial charge in [0.15, 0.2) is 0 Å². The van der Waals surface area contributed by atoms with Crippen LogP contribution in [0.25, 0.3) is 0 Å². The van der Waals surface area contributed by atoms with Gasteiger partial charge in [0.05, 0.1) is 0 Å². The van der Waals surface area contributed by atoms with E-state index in [1.54, 1.807) is 31.3 Å². The maximum absolute atomic E-state index is 11.8. The summed E-state index contributed by atoms with van der Waals surface area (Å²) in [5.41, 5.74) is 0.982. The van der Waals surface area contributed by atoms with Crippen molar-refractivity contribution in [1.29, 1.82) is 0 Å². The van der Waals surface area contributed by atoms with Gasteiger partial charge in [-0.05, 0) is 24.0 Å². The van der Waals surface area contributed by atoms with Gasteiger partial charge >= 0.3 is 13.1 Å². The number of rotatable bonds is 5. The molecule has 0 aliphatic carbocycles. The molecule has 1 aromatic carbocycles. The van der Waals surface area contributed by atoms with Crippen LogP contribution in [0.15, 0.2) is 24.3 Å². The number of urea groups is 1. The summed E-state index contributed by atoms with van der Waals surface area (Å²) in [5.74, 6) is 0. The van der Waals surface area contributed by atoms with Gasteiger partial charge in [-0.25, -0.2) is 4.79 Å². The molecule has 1 aromatic rings. The van der Waals surface area contributed by atoms with Crippen LogP contribution in [0.1, 0.15) is 19.8 Å². The van der Waals surface area contributed by atoms with Crippen LogP contribution in [0.3, 0.4) is 0 Å². The van der Waals surface area contributed by atoms with Crippen LogP contribution in [-0.4, -0.2) is 36.8 Å². The van der Waals surface area contributed by atoms with E-state index < -0.39 is 7.12 Å². The van der Waals surface area contributed by atoms with Crippen LogP contribution in [0.2, 0.25) is 0 Å². The van der Waals surface area contributed by atoms with Crippen molar-refractivity contribution >= 4 is 24.3 Å². The van der Waals surface area contributed by atoms with E-state index in [1.807, 2.05) is 0 Å². The third-order valence-electron chi connectivity index (χ3n) is 2.67. The number of carbonyl (C=O) groups is 1. The highest BCUT2D eigenvalue weighted by molar-refractivity contribution is 6.58. The van der Waals surface area contributed by atoms with Crippen LogP contribution >= 0.6 is 0 Å². The largest absolute Gasteiger partial charge is 0.488 e. The molecular weight excluding hydrogens is 231 g/mol. The molecule has 0 bridgehead atoms.